The molecule has 0 aliphatic heterocycles. The zero-order valence-electron chi connectivity index (χ0n) is 5.16. The van der Waals surface area contributed by atoms with Gasteiger partial charge in [-0.15, -0.1) is 0 Å². The van der Waals surface area contributed by atoms with Gasteiger partial charge in [-0.2, -0.15) is 0 Å². The lowest BCUT2D eigenvalue weighted by Crippen LogP contribution is -2.14. The van der Waals surface area contributed by atoms with E-state index in [0.29, 0.717) is 5.69 Å². The number of nitrogens with zero attached hydrogens (tertiary/aromatic N) is 1. The number of hydrogen-bond acceptors (Lipinski definition) is 1. The summed E-state index contributed by atoms with van der Waals surface area (Å²) < 4.78 is 1.68. The van der Waals surface area contributed by atoms with E-state index in [4.69, 9.17) is 5.73 Å². The molecule has 0 fully saturated rings. The van der Waals surface area contributed by atoms with Crippen LogP contribution in [0.5, 0.6) is 0 Å². The maximum Gasteiger partial charge on any atom is 0.265 e. The van der Waals surface area contributed by atoms with Crippen LogP contribution in [0.4, 0.5) is 0 Å². The van der Waals surface area contributed by atoms with Crippen molar-refractivity contribution in [1.29, 1.82) is 0 Å². The molecule has 0 aliphatic carbocycles. The van der Waals surface area contributed by atoms with Crippen molar-refractivity contribution < 1.29 is 6.22 Å². The average Bonchev–Trinajstić information content (AvgIpc) is 2.13. The van der Waals surface area contributed by atoms with Gasteiger partial charge in [-0.05, 0) is 12.1 Å². The number of hydrogen-bond donors (Lipinski definition) is 1. The molecule has 1 rings (SSSR count). The number of aromatic nitrogens is 1. The van der Waals surface area contributed by atoms with Gasteiger partial charge in [0.1, 0.15) is 5.69 Å². The van der Waals surface area contributed by atoms with Crippen LogP contribution in [0.15, 0.2) is 18.3 Å². The number of amides is 1. The Labute approximate surface area is 54.6 Å². The molecule has 0 bridgehead atoms. The maximum atomic E-state index is 10.5. The molecule has 1 aromatic heterocycles. The smallest absolute Gasteiger partial charge is 0.265 e. The van der Waals surface area contributed by atoms with Gasteiger partial charge < -0.3 is 10.3 Å². The fourth-order valence-corrected chi connectivity index (χ4v) is 0.717. The fraction of sp³-hybridized carbons (Fsp3) is 0.167. The Morgan fingerprint density at radius 3 is 2.78 bits per heavy atom. The van der Waals surface area contributed by atoms with Crippen molar-refractivity contribution in [2.45, 2.75) is 0 Å². The van der Waals surface area contributed by atoms with E-state index < -0.39 is 0 Å². The number of primary amides is 1. The summed E-state index contributed by atoms with van der Waals surface area (Å²) in [6, 6.07) is 3.46. The average molecular weight is 126 g/mol. The van der Waals surface area contributed by atoms with Gasteiger partial charge >= 0.3 is 0 Å². The topological polar surface area (TPSA) is 48.0 Å². The van der Waals surface area contributed by atoms with Crippen molar-refractivity contribution in [3.05, 3.63) is 24.0 Å². The van der Waals surface area contributed by atoms with Crippen LogP contribution in [-0.2, 0) is 7.05 Å². The molecule has 1 aromatic rings. The second-order valence-corrected chi connectivity index (χ2v) is 1.87. The van der Waals surface area contributed by atoms with E-state index in [0.717, 1.165) is 0 Å². The van der Waals surface area contributed by atoms with Gasteiger partial charge in [0.15, 0.2) is 0 Å². The van der Waals surface area contributed by atoms with Crippen molar-refractivity contribution >= 4 is 5.91 Å². The maximum absolute atomic E-state index is 10.5. The number of carbonyl (C=O) groups is 1. The molecule has 1 heterocycles. The standard InChI is InChI=1S/C6H8N2O.H2/c1-8-4-2-3-5(8)6(7)9;/h2-4H,1H3,(H2,7,9);1H. The molecule has 0 saturated carbocycles. The summed E-state index contributed by atoms with van der Waals surface area (Å²) in [5, 5.41) is 0. The van der Waals surface area contributed by atoms with Crippen LogP contribution in [0, 0.1) is 0 Å². The lowest BCUT2D eigenvalue weighted by Gasteiger charge is -1.94. The van der Waals surface area contributed by atoms with Gasteiger partial charge in [0.25, 0.3) is 5.91 Å². The third-order valence-electron chi connectivity index (χ3n) is 1.20. The fourth-order valence-electron chi connectivity index (χ4n) is 0.717. The Morgan fingerprint density at radius 2 is 2.56 bits per heavy atom. The van der Waals surface area contributed by atoms with Gasteiger partial charge in [-0.1, -0.05) is 0 Å². The van der Waals surface area contributed by atoms with E-state index in [-0.39, 0.29) is 7.33 Å². The molecule has 0 radical (unpaired) electrons. The third-order valence-corrected chi connectivity index (χ3v) is 1.20. The lowest BCUT2D eigenvalue weighted by atomic mass is 10.4. The molecule has 1 amide bonds. The quantitative estimate of drug-likeness (QED) is 0.580. The first-order valence-corrected chi connectivity index (χ1v) is 2.63. The highest BCUT2D eigenvalue weighted by atomic mass is 16.1. The lowest BCUT2D eigenvalue weighted by molar-refractivity contribution is 0.0992. The van der Waals surface area contributed by atoms with Gasteiger partial charge in [0.05, 0.1) is 0 Å². The Morgan fingerprint density at radius 1 is 1.89 bits per heavy atom. The molecular weight excluding hydrogens is 116 g/mol. The number of carbonyl (C=O) groups excluding carboxylic acids is 1. The summed E-state index contributed by atoms with van der Waals surface area (Å²) >= 11 is 0. The van der Waals surface area contributed by atoms with Crippen LogP contribution < -0.4 is 5.73 Å². The molecule has 3 heteroatoms. The van der Waals surface area contributed by atoms with Crippen LogP contribution in [-0.4, -0.2) is 10.5 Å². The van der Waals surface area contributed by atoms with Gasteiger partial charge in [-0.3, -0.25) is 4.79 Å². The van der Waals surface area contributed by atoms with Crippen LogP contribution in [0.25, 0.3) is 0 Å². The predicted molar refractivity (Wildman–Crippen MR) is 36.0 cm³/mol. The molecule has 0 spiro atoms. The molecule has 50 valence electrons. The normalized spacial score (nSPS) is 9.44. The monoisotopic (exact) mass is 126 g/mol. The van der Waals surface area contributed by atoms with Gasteiger partial charge in [0, 0.05) is 14.7 Å². The summed E-state index contributed by atoms with van der Waals surface area (Å²) in [7, 11) is 1.78. The summed E-state index contributed by atoms with van der Waals surface area (Å²) in [5.74, 6) is -0.387. The Balaban J connectivity index is 0.000000810. The molecule has 0 aliphatic rings. The first kappa shape index (κ1) is 5.88. The zero-order valence-corrected chi connectivity index (χ0v) is 5.16. The van der Waals surface area contributed by atoms with E-state index in [9.17, 15) is 4.79 Å². The van der Waals surface area contributed by atoms with Crippen LogP contribution in [0.2, 0.25) is 0 Å². The summed E-state index contributed by atoms with van der Waals surface area (Å²) in [5.41, 5.74) is 5.54. The second kappa shape index (κ2) is 1.93. The van der Waals surface area contributed by atoms with Crippen molar-refractivity contribution in [3.63, 3.8) is 0 Å². The van der Waals surface area contributed by atoms with Crippen molar-refractivity contribution in [2.24, 2.45) is 12.8 Å². The highest BCUT2D eigenvalue weighted by Crippen LogP contribution is 1.96. The first-order chi connectivity index (χ1) is 4.22. The highest BCUT2D eigenvalue weighted by Gasteiger charge is 2.00. The molecule has 2 N–H and O–H groups in total. The Kier molecular flexibility index (Phi) is 1.26. The largest absolute Gasteiger partial charge is 0.364 e. The van der Waals surface area contributed by atoms with Gasteiger partial charge in [-0.25, -0.2) is 0 Å². The van der Waals surface area contributed by atoms with E-state index in [2.05, 4.69) is 0 Å². The summed E-state index contributed by atoms with van der Waals surface area (Å²) in [6.07, 6.45) is 1.78. The molecule has 0 saturated heterocycles. The molecule has 9 heavy (non-hydrogen) atoms. The highest BCUT2D eigenvalue weighted by molar-refractivity contribution is 5.91. The number of rotatable bonds is 1. The van der Waals surface area contributed by atoms with E-state index in [1.807, 2.05) is 0 Å². The third kappa shape index (κ3) is 0.937. The Hall–Kier alpha value is -1.25. The SMILES string of the molecule is Cn1cccc1C(N)=O.[HH]. The number of nitrogens with two attached hydrogens (primary N) is 1. The summed E-state index contributed by atoms with van der Waals surface area (Å²) in [4.78, 5) is 10.5. The number of aryl methyl sites for hydroxylation is 1. The second-order valence-electron chi connectivity index (χ2n) is 1.87. The van der Waals surface area contributed by atoms with E-state index in [1.54, 1.807) is 29.9 Å². The van der Waals surface area contributed by atoms with Gasteiger partial charge in [0.2, 0.25) is 0 Å². The molecule has 3 nitrogen and oxygen atoms in total. The van der Waals surface area contributed by atoms with E-state index >= 15 is 0 Å². The van der Waals surface area contributed by atoms with Crippen LogP contribution in [0.1, 0.15) is 11.9 Å². The summed E-state index contributed by atoms with van der Waals surface area (Å²) in [6.45, 7) is 0. The molecule has 0 aromatic carbocycles. The molecule has 0 unspecified atom stereocenters. The Bertz CT molecular complexity index is 231. The predicted octanol–water partition coefficient (Wildman–Crippen LogP) is 0.370. The molecule has 0 atom stereocenters. The minimum atomic E-state index is -0.387. The van der Waals surface area contributed by atoms with Crippen molar-refractivity contribution in [1.82, 2.24) is 4.57 Å². The van der Waals surface area contributed by atoms with Crippen LogP contribution >= 0.6 is 0 Å². The minimum Gasteiger partial charge on any atom is -0.364 e. The zero-order chi connectivity index (χ0) is 6.85. The minimum absolute atomic E-state index is 0. The van der Waals surface area contributed by atoms with E-state index in [1.165, 1.54) is 0 Å². The van der Waals surface area contributed by atoms with Crippen molar-refractivity contribution in [2.75, 3.05) is 0 Å². The van der Waals surface area contributed by atoms with Crippen LogP contribution in [0.3, 0.4) is 0 Å². The molecular formula is C6H10N2O. The van der Waals surface area contributed by atoms with Crippen molar-refractivity contribution in [3.8, 4) is 0 Å². The first-order valence-electron chi connectivity index (χ1n) is 2.63.